The minimum atomic E-state index is -0.795. The molecule has 492 valence electrons. The SMILES string of the molecule is COc1cc2c(cc1OCCCOc1cc3c(cc1OC)C(=O)N1C=C(c4ccc(NC(=O)[C@H](C)CC(=O)[C@@H](NC(=O)CCOCCOCCOCCOCCNC(=O)CCN5C(=O)C=CC5=O)C(C)C)cc4)C[C@H]1C=N3)N=C[C@@H]1CC(c3ccc(C)cc3)=CN1C2=O. The summed E-state index contributed by atoms with van der Waals surface area (Å²) in [6, 6.07) is 20.9. The Morgan fingerprint density at radius 1 is 0.591 bits per heavy atom. The summed E-state index contributed by atoms with van der Waals surface area (Å²) < 4.78 is 45.7. The predicted molar refractivity (Wildman–Crippen MR) is 346 cm³/mol. The van der Waals surface area contributed by atoms with Crippen LogP contribution in [0.3, 0.4) is 0 Å². The number of methoxy groups -OCH3 is 2. The minimum Gasteiger partial charge on any atom is -0.493 e. The maximum Gasteiger partial charge on any atom is 0.260 e. The highest BCUT2D eigenvalue weighted by atomic mass is 16.6. The zero-order valence-electron chi connectivity index (χ0n) is 53.3. The Balaban J connectivity index is 0.648. The average molecular weight is 1280 g/mol. The summed E-state index contributed by atoms with van der Waals surface area (Å²) >= 11 is 0. The summed E-state index contributed by atoms with van der Waals surface area (Å²) in [7, 11) is 3.04. The Labute approximate surface area is 540 Å². The van der Waals surface area contributed by atoms with Gasteiger partial charge >= 0.3 is 0 Å². The van der Waals surface area contributed by atoms with Crippen molar-refractivity contribution in [3.05, 3.63) is 125 Å². The molecule has 3 N–H and O–H groups in total. The van der Waals surface area contributed by atoms with E-state index in [1.165, 1.54) is 31.9 Å². The average Bonchev–Trinajstić information content (AvgIpc) is 1.68. The van der Waals surface area contributed by atoms with E-state index in [0.717, 1.165) is 27.2 Å². The Morgan fingerprint density at radius 2 is 1.09 bits per heavy atom. The number of ketones is 1. The predicted octanol–water partition coefficient (Wildman–Crippen LogP) is 7.37. The molecule has 5 aliphatic heterocycles. The summed E-state index contributed by atoms with van der Waals surface area (Å²) in [5.41, 5.74) is 7.31. The van der Waals surface area contributed by atoms with Crippen LogP contribution in [-0.4, -0.2) is 186 Å². The molecular weight excluding hydrogens is 1200 g/mol. The molecule has 4 aromatic carbocycles. The van der Waals surface area contributed by atoms with Gasteiger partial charge in [0.2, 0.25) is 17.7 Å². The van der Waals surface area contributed by atoms with Gasteiger partial charge in [-0.25, -0.2) is 0 Å². The second-order valence-electron chi connectivity index (χ2n) is 23.2. The van der Waals surface area contributed by atoms with Crippen molar-refractivity contribution in [1.29, 1.82) is 0 Å². The van der Waals surface area contributed by atoms with Crippen molar-refractivity contribution in [3.63, 3.8) is 0 Å². The number of aliphatic imine (C=N–C) groups is 2. The van der Waals surface area contributed by atoms with E-state index >= 15 is 0 Å². The van der Waals surface area contributed by atoms with Gasteiger partial charge < -0.3 is 63.6 Å². The number of carbonyl (C=O) groups excluding carboxylic acids is 8. The van der Waals surface area contributed by atoms with Crippen molar-refractivity contribution < 1.29 is 76.3 Å². The molecule has 4 aromatic rings. The lowest BCUT2D eigenvalue weighted by molar-refractivity contribution is -0.137. The zero-order chi connectivity index (χ0) is 66.0. The third-order valence-corrected chi connectivity index (χ3v) is 16.1. The molecule has 0 unspecified atom stereocenters. The third-order valence-electron chi connectivity index (χ3n) is 16.1. The Morgan fingerprint density at radius 3 is 1.59 bits per heavy atom. The summed E-state index contributed by atoms with van der Waals surface area (Å²) in [6.45, 7) is 10.4. The first-order valence-corrected chi connectivity index (χ1v) is 31.2. The van der Waals surface area contributed by atoms with Crippen LogP contribution in [0.4, 0.5) is 17.1 Å². The number of imide groups is 1. The zero-order valence-corrected chi connectivity index (χ0v) is 53.3. The van der Waals surface area contributed by atoms with E-state index in [1.807, 2.05) is 51.5 Å². The van der Waals surface area contributed by atoms with Gasteiger partial charge in [-0.15, -0.1) is 0 Å². The molecule has 93 heavy (non-hydrogen) atoms. The number of carbonyl (C=O) groups is 8. The number of aryl methyl sites for hydroxylation is 1. The highest BCUT2D eigenvalue weighted by Gasteiger charge is 2.36. The van der Waals surface area contributed by atoms with Crippen LogP contribution in [-0.2, 0) is 47.7 Å². The van der Waals surface area contributed by atoms with Crippen molar-refractivity contribution in [3.8, 4) is 23.0 Å². The van der Waals surface area contributed by atoms with Crippen molar-refractivity contribution in [1.82, 2.24) is 25.3 Å². The topological polar surface area (TPSA) is 281 Å². The number of Topliss-reactive ketones (excluding diaryl/α,β-unsaturated/α-hetero) is 1. The number of fused-ring (bicyclic) bond motifs is 4. The Kier molecular flexibility index (Phi) is 24.0. The fourth-order valence-electron chi connectivity index (χ4n) is 10.9. The highest BCUT2D eigenvalue weighted by Crippen LogP contribution is 2.42. The molecule has 0 saturated carbocycles. The molecule has 9 rings (SSSR count). The number of nitrogens with zero attached hydrogens (tertiary/aromatic N) is 5. The summed E-state index contributed by atoms with van der Waals surface area (Å²) in [4.78, 5) is 117. The van der Waals surface area contributed by atoms with E-state index in [0.29, 0.717) is 96.9 Å². The first-order chi connectivity index (χ1) is 45.0. The molecule has 24 nitrogen and oxygen atoms in total. The Hall–Kier alpha value is -9.36. The lowest BCUT2D eigenvalue weighted by Crippen LogP contribution is -2.45. The highest BCUT2D eigenvalue weighted by molar-refractivity contribution is 6.13. The molecule has 5 aliphatic rings. The molecule has 0 aromatic heterocycles. The normalized spacial score (nSPS) is 16.8. The first-order valence-electron chi connectivity index (χ1n) is 31.2. The lowest BCUT2D eigenvalue weighted by Gasteiger charge is -2.23. The van der Waals surface area contributed by atoms with Crippen LogP contribution in [0.5, 0.6) is 23.0 Å². The molecule has 0 spiro atoms. The van der Waals surface area contributed by atoms with Crippen LogP contribution in [0.2, 0.25) is 0 Å². The number of hydrogen-bond donors (Lipinski definition) is 3. The van der Waals surface area contributed by atoms with Gasteiger partial charge in [-0.3, -0.25) is 53.2 Å². The number of amides is 7. The molecule has 5 heterocycles. The van der Waals surface area contributed by atoms with E-state index < -0.39 is 23.8 Å². The van der Waals surface area contributed by atoms with Crippen LogP contribution in [0.1, 0.15) is 96.7 Å². The minimum absolute atomic E-state index is 0.0106. The smallest absolute Gasteiger partial charge is 0.260 e. The van der Waals surface area contributed by atoms with Gasteiger partial charge in [-0.2, -0.15) is 0 Å². The van der Waals surface area contributed by atoms with Crippen molar-refractivity contribution in [2.45, 2.75) is 84.3 Å². The molecule has 0 radical (unpaired) electrons. The fourth-order valence-corrected chi connectivity index (χ4v) is 10.9. The lowest BCUT2D eigenvalue weighted by atomic mass is 9.92. The molecule has 0 fully saturated rings. The van der Waals surface area contributed by atoms with Gasteiger partial charge in [-0.05, 0) is 59.4 Å². The molecule has 0 bridgehead atoms. The van der Waals surface area contributed by atoms with E-state index in [4.69, 9.17) is 47.9 Å². The molecule has 7 amide bonds. The number of anilines is 1. The maximum absolute atomic E-state index is 14.2. The molecule has 0 aliphatic carbocycles. The second kappa shape index (κ2) is 32.8. The second-order valence-corrected chi connectivity index (χ2v) is 23.2. The van der Waals surface area contributed by atoms with E-state index in [2.05, 4.69) is 40.2 Å². The molecule has 0 saturated heterocycles. The Bertz CT molecular complexity index is 3540. The van der Waals surface area contributed by atoms with E-state index in [1.54, 1.807) is 59.3 Å². The summed E-state index contributed by atoms with van der Waals surface area (Å²) in [6.07, 6.45) is 11.2. The van der Waals surface area contributed by atoms with Crippen molar-refractivity contribution in [2.75, 3.05) is 98.7 Å². The third kappa shape index (κ3) is 18.0. The number of hydrogen-bond acceptors (Lipinski definition) is 18. The van der Waals surface area contributed by atoms with Crippen LogP contribution in [0.25, 0.3) is 11.1 Å². The number of nitrogens with one attached hydrogen (secondary N) is 3. The van der Waals surface area contributed by atoms with Crippen LogP contribution in [0.15, 0.2) is 107 Å². The first kappa shape index (κ1) is 68.0. The van der Waals surface area contributed by atoms with Gasteiger partial charge in [0.25, 0.3) is 23.6 Å². The van der Waals surface area contributed by atoms with E-state index in [9.17, 15) is 38.4 Å². The summed E-state index contributed by atoms with van der Waals surface area (Å²) in [5, 5.41) is 8.39. The number of benzene rings is 4. The summed E-state index contributed by atoms with van der Waals surface area (Å²) in [5.74, 6) is -1.82. The monoisotopic (exact) mass is 1280 g/mol. The van der Waals surface area contributed by atoms with Gasteiger partial charge in [0, 0.05) is 112 Å². The number of ether oxygens (including phenoxy) is 8. The van der Waals surface area contributed by atoms with Crippen LogP contribution < -0.4 is 34.9 Å². The van der Waals surface area contributed by atoms with E-state index in [-0.39, 0.29) is 125 Å². The van der Waals surface area contributed by atoms with Gasteiger partial charge in [-0.1, -0.05) is 62.7 Å². The van der Waals surface area contributed by atoms with Crippen molar-refractivity contribution in [2.24, 2.45) is 21.8 Å². The van der Waals surface area contributed by atoms with Gasteiger partial charge in [0.15, 0.2) is 28.8 Å². The molecule has 24 heteroatoms. The molecular formula is C69H80N8O16. The van der Waals surface area contributed by atoms with Crippen LogP contribution in [0, 0.1) is 18.8 Å². The van der Waals surface area contributed by atoms with Crippen LogP contribution >= 0.6 is 0 Å². The fraction of sp³-hybridized carbons (Fsp3) is 0.420. The van der Waals surface area contributed by atoms with Gasteiger partial charge in [0.05, 0.1) is 121 Å². The van der Waals surface area contributed by atoms with Gasteiger partial charge in [0.1, 0.15) is 0 Å². The molecule has 4 atom stereocenters. The standard InChI is InChI=1S/C69H80N8O16/c1-43(2)66(74-63(80)19-24-88-26-28-90-30-31-91-29-27-89-25-20-70-62(79)18-21-75-64(81)16-17-65(75)82)57(78)32-45(4)67(83)73-50-14-12-47(13-15-50)49-34-52-40-72-56-38-61(59(87-6)36-54(56)69(85)77(52)42-49)93-23-7-22-92-60-37-55-53(35-58(60)86-5)68(84)76-41-48(33-51(76)39-71-55)46-10-8-44(3)9-11-46/h8-17,35-43,45,51-52,66H,7,18-34H2,1-6H3,(H,70,79)(H,73,83)(H,74,80)/t45-,51+,52+,66+/m1/s1. The van der Waals surface area contributed by atoms with Crippen molar-refractivity contribution >= 4 is 87.8 Å². The maximum atomic E-state index is 14.2. The number of rotatable bonds is 35. The largest absolute Gasteiger partial charge is 0.493 e. The quantitative estimate of drug-likeness (QED) is 0.0299.